The third kappa shape index (κ3) is 5.07. The first-order valence-corrected chi connectivity index (χ1v) is 11.4. The number of piperidine rings is 3. The molecule has 4 nitrogen and oxygen atoms in total. The Hall–Kier alpha value is -1.72. The van der Waals surface area contributed by atoms with Crippen LogP contribution in [0.3, 0.4) is 0 Å². The van der Waals surface area contributed by atoms with Crippen molar-refractivity contribution >= 4 is 18.7 Å². The summed E-state index contributed by atoms with van der Waals surface area (Å²) < 4.78 is 0. The molecule has 4 aliphatic heterocycles. The number of nitrogens with zero attached hydrogens (tertiary/aromatic N) is 2. The zero-order valence-corrected chi connectivity index (χ0v) is 18.5. The Bertz CT molecular complexity index is 753. The van der Waals surface area contributed by atoms with Crippen LogP contribution in [-0.2, 0) is 6.42 Å². The minimum atomic E-state index is -0.883. The number of rotatable bonds is 3. The molecule has 2 unspecified atom stereocenters. The van der Waals surface area contributed by atoms with Gasteiger partial charge < -0.3 is 10.0 Å². The van der Waals surface area contributed by atoms with E-state index in [1.54, 1.807) is 5.41 Å². The maximum Gasteiger partial charge on any atom is 0.408 e. The Kier molecular flexibility index (Phi) is 7.84. The number of hydrogen-bond acceptors (Lipinski definition) is 3. The summed E-state index contributed by atoms with van der Waals surface area (Å²) in [6.07, 6.45) is 8.05. The van der Waals surface area contributed by atoms with E-state index in [1.807, 2.05) is 37.3 Å². The lowest BCUT2D eigenvalue weighted by Crippen LogP contribution is -2.47. The van der Waals surface area contributed by atoms with Gasteiger partial charge >= 0.3 is 6.09 Å². The fourth-order valence-corrected chi connectivity index (χ4v) is 5.29. The van der Waals surface area contributed by atoms with Crippen molar-refractivity contribution in [3.05, 3.63) is 58.5 Å². The molecular weight excluding hydrogens is 380 g/mol. The zero-order valence-electron chi connectivity index (χ0n) is 17.6. The van der Waals surface area contributed by atoms with Crippen molar-refractivity contribution in [2.75, 3.05) is 26.2 Å². The van der Waals surface area contributed by atoms with Gasteiger partial charge in [0.15, 0.2) is 0 Å². The molecule has 0 radical (unpaired) electrons. The number of thiol groups is 1. The zero-order chi connectivity index (χ0) is 20.8. The Labute approximate surface area is 180 Å². The molecule has 1 aromatic rings. The molecule has 1 N–H and O–H groups in total. The summed E-state index contributed by atoms with van der Waals surface area (Å²) in [4.78, 5) is 15.6. The topological polar surface area (TPSA) is 43.8 Å². The van der Waals surface area contributed by atoms with Crippen LogP contribution >= 0.6 is 12.6 Å². The molecule has 5 rings (SSSR count). The predicted octanol–water partition coefficient (Wildman–Crippen LogP) is 5.39. The maximum atomic E-state index is 11.5. The van der Waals surface area contributed by atoms with Crippen molar-refractivity contribution in [3.63, 3.8) is 0 Å². The third-order valence-corrected chi connectivity index (χ3v) is 6.91. The normalized spacial score (nSPS) is 28.7. The second-order valence-corrected chi connectivity index (χ2v) is 8.54. The SMILES string of the molecule is C/C=C(\C=C/S)C1c2ccccc2CCN1C(=O)O.CCC1CN2CCC1CC2. The molecule has 3 fully saturated rings. The lowest BCUT2D eigenvalue weighted by molar-refractivity contribution is 0.0492. The standard InChI is InChI=1S/C15H17NO2S.C9H17N/c1-2-11(8-10-19)14-13-6-4-3-5-12(13)7-9-16(14)15(17)18;1-2-8-7-10-5-3-9(8)4-6-10/h2-6,8,10,14,19H,7,9H2,1H3,(H,17,18);8-9H,2-7H2,1H3/b10-8-,11-2+;. The van der Waals surface area contributed by atoms with Crippen LogP contribution in [0.2, 0.25) is 0 Å². The maximum absolute atomic E-state index is 11.5. The number of fused-ring (bicyclic) bond motifs is 4. The van der Waals surface area contributed by atoms with Gasteiger partial charge in [0.2, 0.25) is 0 Å². The van der Waals surface area contributed by atoms with E-state index < -0.39 is 6.09 Å². The van der Waals surface area contributed by atoms with Crippen LogP contribution in [-0.4, -0.2) is 47.2 Å². The van der Waals surface area contributed by atoms with Gasteiger partial charge in [-0.3, -0.25) is 4.90 Å². The van der Waals surface area contributed by atoms with E-state index in [-0.39, 0.29) is 6.04 Å². The molecule has 29 heavy (non-hydrogen) atoms. The lowest BCUT2D eigenvalue weighted by atomic mass is 9.78. The van der Waals surface area contributed by atoms with Crippen LogP contribution < -0.4 is 0 Å². The molecule has 1 aromatic carbocycles. The summed E-state index contributed by atoms with van der Waals surface area (Å²) in [6.45, 7) is 8.96. The first kappa shape index (κ1) is 22.0. The molecule has 1 amide bonds. The van der Waals surface area contributed by atoms with E-state index in [1.165, 1.54) is 49.4 Å². The van der Waals surface area contributed by atoms with Crippen molar-refractivity contribution in [2.24, 2.45) is 11.8 Å². The van der Waals surface area contributed by atoms with E-state index in [2.05, 4.69) is 30.5 Å². The largest absolute Gasteiger partial charge is 0.465 e. The summed E-state index contributed by atoms with van der Waals surface area (Å²) in [5.41, 5.74) is 3.23. The molecule has 2 bridgehead atoms. The fourth-order valence-electron chi connectivity index (χ4n) is 5.11. The molecule has 0 aliphatic carbocycles. The monoisotopic (exact) mass is 414 g/mol. The van der Waals surface area contributed by atoms with Gasteiger partial charge in [-0.25, -0.2) is 4.79 Å². The molecule has 2 atom stereocenters. The number of carbonyl (C=O) groups is 1. The number of hydrogen-bond donors (Lipinski definition) is 2. The first-order valence-electron chi connectivity index (χ1n) is 10.9. The van der Waals surface area contributed by atoms with Crippen molar-refractivity contribution in [1.29, 1.82) is 0 Å². The van der Waals surface area contributed by atoms with Crippen molar-refractivity contribution in [3.8, 4) is 0 Å². The Morgan fingerprint density at radius 1 is 1.24 bits per heavy atom. The second-order valence-electron chi connectivity index (χ2n) is 8.24. The van der Waals surface area contributed by atoms with Crippen LogP contribution in [0, 0.1) is 11.8 Å². The smallest absolute Gasteiger partial charge is 0.408 e. The highest BCUT2D eigenvalue weighted by Gasteiger charge is 2.33. The summed E-state index contributed by atoms with van der Waals surface area (Å²) >= 11 is 4.10. The van der Waals surface area contributed by atoms with Crippen LogP contribution in [0.5, 0.6) is 0 Å². The van der Waals surface area contributed by atoms with E-state index in [4.69, 9.17) is 0 Å². The lowest BCUT2D eigenvalue weighted by Gasteiger charge is -2.44. The Morgan fingerprint density at radius 3 is 2.48 bits per heavy atom. The Balaban J connectivity index is 0.000000200. The highest BCUT2D eigenvalue weighted by molar-refractivity contribution is 7.83. The third-order valence-electron chi connectivity index (χ3n) is 6.76. The molecule has 3 saturated heterocycles. The van der Waals surface area contributed by atoms with Crippen molar-refractivity contribution in [1.82, 2.24) is 9.80 Å². The second kappa shape index (κ2) is 10.4. The van der Waals surface area contributed by atoms with E-state index in [0.29, 0.717) is 6.54 Å². The molecule has 4 heterocycles. The average Bonchev–Trinajstić information content (AvgIpc) is 2.77. The summed E-state index contributed by atoms with van der Waals surface area (Å²) in [5.74, 6) is 2.14. The van der Waals surface area contributed by atoms with Gasteiger partial charge in [0.05, 0.1) is 6.04 Å². The van der Waals surface area contributed by atoms with Gasteiger partial charge in [-0.1, -0.05) is 49.8 Å². The summed E-state index contributed by atoms with van der Waals surface area (Å²) in [7, 11) is 0. The number of carboxylic acid groups (broad SMARTS) is 1. The average molecular weight is 415 g/mol. The quantitative estimate of drug-likeness (QED) is 0.515. The number of benzene rings is 1. The highest BCUT2D eigenvalue weighted by atomic mass is 32.1. The molecule has 0 spiro atoms. The molecule has 5 heteroatoms. The molecule has 4 aliphatic rings. The van der Waals surface area contributed by atoms with Crippen LogP contribution in [0.15, 0.2) is 47.4 Å². The fraction of sp³-hybridized carbons (Fsp3) is 0.542. The molecule has 158 valence electrons. The van der Waals surface area contributed by atoms with Gasteiger partial charge in [-0.05, 0) is 73.2 Å². The van der Waals surface area contributed by atoms with Crippen LogP contribution in [0.1, 0.15) is 50.3 Å². The van der Waals surface area contributed by atoms with E-state index in [0.717, 1.165) is 29.4 Å². The van der Waals surface area contributed by atoms with Gasteiger partial charge in [-0.15, -0.1) is 0 Å². The van der Waals surface area contributed by atoms with Gasteiger partial charge in [0.1, 0.15) is 0 Å². The minimum absolute atomic E-state index is 0.240. The number of amides is 1. The Morgan fingerprint density at radius 2 is 1.97 bits per heavy atom. The van der Waals surface area contributed by atoms with Crippen LogP contribution in [0.25, 0.3) is 0 Å². The van der Waals surface area contributed by atoms with Crippen molar-refractivity contribution < 1.29 is 9.90 Å². The van der Waals surface area contributed by atoms with E-state index in [9.17, 15) is 9.90 Å². The number of allylic oxidation sites excluding steroid dienone is 1. The molecule has 0 saturated carbocycles. The van der Waals surface area contributed by atoms with Gasteiger partial charge in [0, 0.05) is 13.1 Å². The summed E-state index contributed by atoms with van der Waals surface area (Å²) in [5, 5.41) is 11.0. The van der Waals surface area contributed by atoms with E-state index >= 15 is 0 Å². The first-order chi connectivity index (χ1) is 14.1. The van der Waals surface area contributed by atoms with Gasteiger partial charge in [-0.2, -0.15) is 12.6 Å². The van der Waals surface area contributed by atoms with Gasteiger partial charge in [0.25, 0.3) is 0 Å². The molecular formula is C24H34N2O2S. The summed E-state index contributed by atoms with van der Waals surface area (Å²) in [6, 6.07) is 7.78. The van der Waals surface area contributed by atoms with Crippen molar-refractivity contribution in [2.45, 2.75) is 45.6 Å². The van der Waals surface area contributed by atoms with Crippen LogP contribution in [0.4, 0.5) is 4.79 Å². The minimum Gasteiger partial charge on any atom is -0.465 e. The highest BCUT2D eigenvalue weighted by Crippen LogP contribution is 2.36. The molecule has 0 aromatic heterocycles. The predicted molar refractivity (Wildman–Crippen MR) is 122 cm³/mol.